The Morgan fingerprint density at radius 1 is 1.33 bits per heavy atom. The number of aryl methyl sites for hydroxylation is 1. The van der Waals surface area contributed by atoms with Crippen LogP contribution < -0.4 is 0 Å². The van der Waals surface area contributed by atoms with Gasteiger partial charge < -0.3 is 0 Å². The molecule has 1 radical (unpaired) electrons. The zero-order chi connectivity index (χ0) is 9.14. The summed E-state index contributed by atoms with van der Waals surface area (Å²) in [7, 11) is 0. The summed E-state index contributed by atoms with van der Waals surface area (Å²) in [4.78, 5) is 0. The van der Waals surface area contributed by atoms with Gasteiger partial charge in [-0.1, -0.05) is 32.9 Å². The van der Waals surface area contributed by atoms with Gasteiger partial charge in [0.2, 0.25) is 0 Å². The second-order valence-corrected chi connectivity index (χ2v) is 3.38. The van der Waals surface area contributed by atoms with Crippen molar-refractivity contribution in [2.24, 2.45) is 0 Å². The molecule has 1 nitrogen and oxygen atoms in total. The van der Waals surface area contributed by atoms with E-state index in [1.807, 2.05) is 12.1 Å². The molecule has 0 aliphatic rings. The second-order valence-electron chi connectivity index (χ2n) is 3.38. The third-order valence-electron chi connectivity index (χ3n) is 2.10. The molecule has 0 atom stereocenters. The van der Waals surface area contributed by atoms with Gasteiger partial charge in [0.1, 0.15) is 0 Å². The van der Waals surface area contributed by atoms with Crippen LogP contribution in [0.5, 0.6) is 5.75 Å². The maximum absolute atomic E-state index is 11.3. The van der Waals surface area contributed by atoms with Crippen LogP contribution in [0.2, 0.25) is 0 Å². The summed E-state index contributed by atoms with van der Waals surface area (Å²) in [5.74, 6) is 0.506. The summed E-state index contributed by atoms with van der Waals surface area (Å²) in [5, 5.41) is 11.3. The molecule has 0 saturated heterocycles. The van der Waals surface area contributed by atoms with Gasteiger partial charge in [0.15, 0.2) is 5.75 Å². The van der Waals surface area contributed by atoms with Gasteiger partial charge in [-0.2, -0.15) is 0 Å². The number of hydrogen-bond acceptors (Lipinski definition) is 0. The second kappa shape index (κ2) is 3.61. The fourth-order valence-electron chi connectivity index (χ4n) is 1.27. The lowest BCUT2D eigenvalue weighted by molar-refractivity contribution is 0.348. The van der Waals surface area contributed by atoms with E-state index in [1.165, 1.54) is 5.56 Å². The molecule has 0 aliphatic carbocycles. The third-order valence-corrected chi connectivity index (χ3v) is 2.10. The largest absolute Gasteiger partial charge is 0.290 e. The monoisotopic (exact) mass is 163 g/mol. The molecule has 1 rings (SSSR count). The summed E-state index contributed by atoms with van der Waals surface area (Å²) in [5.41, 5.74) is 2.19. The minimum absolute atomic E-state index is 0.169. The zero-order valence-corrected chi connectivity index (χ0v) is 7.92. The summed E-state index contributed by atoms with van der Waals surface area (Å²) < 4.78 is 0. The molecule has 1 heteroatoms. The van der Waals surface area contributed by atoms with Crippen LogP contribution in [-0.4, -0.2) is 0 Å². The van der Waals surface area contributed by atoms with Crippen LogP contribution in [0, 0.1) is 0 Å². The minimum atomic E-state index is 0.169. The number of hydrogen-bond donors (Lipinski definition) is 0. The molecule has 65 valence electrons. The van der Waals surface area contributed by atoms with E-state index in [0.29, 0.717) is 5.92 Å². The first-order valence-electron chi connectivity index (χ1n) is 4.45. The van der Waals surface area contributed by atoms with E-state index in [9.17, 15) is 5.11 Å². The Labute approximate surface area is 74.1 Å². The molecule has 0 saturated carbocycles. The smallest absolute Gasteiger partial charge is 0.182 e. The quantitative estimate of drug-likeness (QED) is 0.635. The van der Waals surface area contributed by atoms with Crippen molar-refractivity contribution in [2.45, 2.75) is 33.1 Å². The van der Waals surface area contributed by atoms with E-state index in [-0.39, 0.29) is 5.75 Å². The molecule has 0 aliphatic heterocycles. The minimum Gasteiger partial charge on any atom is -0.290 e. The fourth-order valence-corrected chi connectivity index (χ4v) is 1.27. The van der Waals surface area contributed by atoms with Crippen molar-refractivity contribution in [3.8, 4) is 5.75 Å². The van der Waals surface area contributed by atoms with Crippen molar-refractivity contribution in [3.05, 3.63) is 29.3 Å². The molecular weight excluding hydrogens is 148 g/mol. The first-order chi connectivity index (χ1) is 5.65. The van der Waals surface area contributed by atoms with Gasteiger partial charge in [0.25, 0.3) is 0 Å². The van der Waals surface area contributed by atoms with Gasteiger partial charge in [0, 0.05) is 5.56 Å². The van der Waals surface area contributed by atoms with Crippen molar-refractivity contribution in [1.82, 2.24) is 0 Å². The van der Waals surface area contributed by atoms with Crippen LogP contribution in [0.15, 0.2) is 18.2 Å². The summed E-state index contributed by atoms with van der Waals surface area (Å²) in [6.45, 7) is 6.20. The molecule has 0 fully saturated rings. The maximum atomic E-state index is 11.3. The first-order valence-corrected chi connectivity index (χ1v) is 4.45. The highest BCUT2D eigenvalue weighted by molar-refractivity contribution is 5.37. The van der Waals surface area contributed by atoms with E-state index in [0.717, 1.165) is 12.0 Å². The molecule has 0 aromatic heterocycles. The number of rotatable bonds is 2. The molecule has 1 aromatic rings. The Balaban J connectivity index is 3.08. The molecule has 0 N–H and O–H groups in total. The Kier molecular flexibility index (Phi) is 2.74. The van der Waals surface area contributed by atoms with Crippen LogP contribution in [0.3, 0.4) is 0 Å². The van der Waals surface area contributed by atoms with E-state index in [1.54, 1.807) is 6.07 Å². The van der Waals surface area contributed by atoms with E-state index < -0.39 is 0 Å². The van der Waals surface area contributed by atoms with Crippen molar-refractivity contribution in [3.63, 3.8) is 0 Å². The van der Waals surface area contributed by atoms with Gasteiger partial charge in [-0.15, -0.1) is 0 Å². The average molecular weight is 163 g/mol. The van der Waals surface area contributed by atoms with E-state index in [4.69, 9.17) is 0 Å². The molecule has 1 aromatic carbocycles. The lowest BCUT2D eigenvalue weighted by Gasteiger charge is -2.07. The zero-order valence-electron chi connectivity index (χ0n) is 7.92. The van der Waals surface area contributed by atoms with Crippen LogP contribution >= 0.6 is 0 Å². The standard InChI is InChI=1S/C11H15O/c1-4-9-5-6-11(12)10(7-9)8(2)3/h5-8H,4H2,1-3H3. The highest BCUT2D eigenvalue weighted by Crippen LogP contribution is 2.26. The predicted octanol–water partition coefficient (Wildman–Crippen LogP) is 3.52. The molecule has 12 heavy (non-hydrogen) atoms. The van der Waals surface area contributed by atoms with Gasteiger partial charge in [-0.3, -0.25) is 5.11 Å². The molecule has 0 bridgehead atoms. The third kappa shape index (κ3) is 1.79. The SMILES string of the molecule is CCc1ccc([O])c(C(C)C)c1. The van der Waals surface area contributed by atoms with E-state index in [2.05, 4.69) is 20.8 Å². The Morgan fingerprint density at radius 3 is 2.50 bits per heavy atom. The van der Waals surface area contributed by atoms with Crippen LogP contribution in [0.4, 0.5) is 0 Å². The van der Waals surface area contributed by atoms with Crippen LogP contribution in [0.1, 0.15) is 37.8 Å². The van der Waals surface area contributed by atoms with Crippen molar-refractivity contribution < 1.29 is 5.11 Å². The van der Waals surface area contributed by atoms with Crippen LogP contribution in [0.25, 0.3) is 0 Å². The van der Waals surface area contributed by atoms with Gasteiger partial charge >= 0.3 is 0 Å². The average Bonchev–Trinajstić information content (AvgIpc) is 2.05. The molecule has 0 amide bonds. The lowest BCUT2D eigenvalue weighted by Crippen LogP contribution is -1.89. The summed E-state index contributed by atoms with van der Waals surface area (Å²) in [6, 6.07) is 5.61. The highest BCUT2D eigenvalue weighted by atomic mass is 16.3. The van der Waals surface area contributed by atoms with Crippen molar-refractivity contribution >= 4 is 0 Å². The van der Waals surface area contributed by atoms with E-state index >= 15 is 0 Å². The Bertz CT molecular complexity index is 264. The summed E-state index contributed by atoms with van der Waals surface area (Å²) >= 11 is 0. The first kappa shape index (κ1) is 9.11. The molecule has 0 unspecified atom stereocenters. The molecule has 0 heterocycles. The normalized spacial score (nSPS) is 10.7. The molecular formula is C11H15O. The topological polar surface area (TPSA) is 19.9 Å². The highest BCUT2D eigenvalue weighted by Gasteiger charge is 2.07. The Morgan fingerprint density at radius 2 is 2.00 bits per heavy atom. The number of benzene rings is 1. The summed E-state index contributed by atoms with van der Waals surface area (Å²) in [6.07, 6.45) is 1.00. The van der Waals surface area contributed by atoms with Gasteiger partial charge in [-0.25, -0.2) is 0 Å². The lowest BCUT2D eigenvalue weighted by atomic mass is 9.99. The fraction of sp³-hybridized carbons (Fsp3) is 0.455. The van der Waals surface area contributed by atoms with Crippen molar-refractivity contribution in [2.75, 3.05) is 0 Å². The molecule has 0 spiro atoms. The van der Waals surface area contributed by atoms with Gasteiger partial charge in [0.05, 0.1) is 0 Å². The van der Waals surface area contributed by atoms with Gasteiger partial charge in [-0.05, 0) is 24.0 Å². The Hall–Kier alpha value is -0.980. The van der Waals surface area contributed by atoms with Crippen LogP contribution in [-0.2, 0) is 11.5 Å². The van der Waals surface area contributed by atoms with Crippen molar-refractivity contribution in [1.29, 1.82) is 0 Å². The maximum Gasteiger partial charge on any atom is 0.182 e. The predicted molar refractivity (Wildman–Crippen MR) is 50.0 cm³/mol.